The molecular formula is C23H17F5N2O5S. The minimum absolute atomic E-state index is 0.00776. The molecule has 0 bridgehead atoms. The smallest absolute Gasteiger partial charge is 0.416 e. The Balaban J connectivity index is 1.62. The highest BCUT2D eigenvalue weighted by Crippen LogP contribution is 2.30. The predicted molar refractivity (Wildman–Crippen MR) is 119 cm³/mol. The second kappa shape index (κ2) is 10.3. The molecule has 0 aliphatic rings. The minimum atomic E-state index is -4.60. The van der Waals surface area contributed by atoms with Crippen LogP contribution in [0, 0.1) is 11.6 Å². The van der Waals surface area contributed by atoms with Gasteiger partial charge in [-0.3, -0.25) is 9.52 Å². The maximum atomic E-state index is 13.3. The van der Waals surface area contributed by atoms with E-state index >= 15 is 0 Å². The maximum Gasteiger partial charge on any atom is 0.416 e. The van der Waals surface area contributed by atoms with Gasteiger partial charge in [-0.2, -0.15) is 13.2 Å². The maximum absolute atomic E-state index is 13.3. The van der Waals surface area contributed by atoms with Gasteiger partial charge in [0.15, 0.2) is 17.7 Å². The second-order valence-electron chi connectivity index (χ2n) is 7.37. The van der Waals surface area contributed by atoms with E-state index in [1.807, 2.05) is 0 Å². The van der Waals surface area contributed by atoms with E-state index in [2.05, 4.69) is 10.0 Å². The highest BCUT2D eigenvalue weighted by Gasteiger charge is 2.30. The molecule has 3 aromatic carbocycles. The predicted octanol–water partition coefficient (Wildman–Crippen LogP) is 4.97. The van der Waals surface area contributed by atoms with E-state index in [0.29, 0.717) is 12.1 Å². The van der Waals surface area contributed by atoms with Crippen LogP contribution in [0.4, 0.5) is 33.3 Å². The van der Waals surface area contributed by atoms with Crippen LogP contribution in [0.3, 0.4) is 0 Å². The third kappa shape index (κ3) is 6.56. The molecule has 0 aromatic heterocycles. The SMILES string of the molecule is CC(OC(=O)c1ccc(NS(=O)(=O)c2ccc(F)c(F)c2)cc1)C(=O)Nc1cccc(C(F)(F)F)c1. The van der Waals surface area contributed by atoms with Crippen molar-refractivity contribution in [3.63, 3.8) is 0 Å². The summed E-state index contributed by atoms with van der Waals surface area (Å²) >= 11 is 0. The van der Waals surface area contributed by atoms with Gasteiger partial charge < -0.3 is 10.1 Å². The number of carbonyl (C=O) groups excluding carboxylic acids is 2. The first-order valence-corrected chi connectivity index (χ1v) is 11.5. The van der Waals surface area contributed by atoms with Crippen molar-refractivity contribution in [3.8, 4) is 0 Å². The zero-order valence-electron chi connectivity index (χ0n) is 18.3. The van der Waals surface area contributed by atoms with E-state index in [-0.39, 0.29) is 16.9 Å². The highest BCUT2D eigenvalue weighted by atomic mass is 32.2. The van der Waals surface area contributed by atoms with Crippen molar-refractivity contribution in [2.45, 2.75) is 24.1 Å². The molecule has 0 aliphatic carbocycles. The summed E-state index contributed by atoms with van der Waals surface area (Å²) in [6.07, 6.45) is -5.98. The zero-order chi connectivity index (χ0) is 26.7. The molecule has 190 valence electrons. The number of ether oxygens (including phenoxy) is 1. The summed E-state index contributed by atoms with van der Waals surface area (Å²) in [4.78, 5) is 24.0. The third-order valence-electron chi connectivity index (χ3n) is 4.68. The molecule has 0 fully saturated rings. The third-order valence-corrected chi connectivity index (χ3v) is 6.06. The standard InChI is InChI=1S/C23H17F5N2O5S/c1-13(21(31)29-17-4-2-3-15(11-17)23(26,27)28)35-22(32)14-5-7-16(8-6-14)30-36(33,34)18-9-10-19(24)20(25)12-18/h2-13,30H,1H3,(H,29,31). The van der Waals surface area contributed by atoms with Crippen LogP contribution in [0.5, 0.6) is 0 Å². The van der Waals surface area contributed by atoms with Gasteiger partial charge in [-0.25, -0.2) is 22.0 Å². The molecule has 1 amide bonds. The molecule has 0 aliphatic heterocycles. The summed E-state index contributed by atoms with van der Waals surface area (Å²) in [5, 5.41) is 2.23. The first-order valence-electron chi connectivity index (χ1n) is 10.0. The molecule has 0 radical (unpaired) electrons. The van der Waals surface area contributed by atoms with Crippen molar-refractivity contribution < 1.29 is 44.7 Å². The van der Waals surface area contributed by atoms with Gasteiger partial charge in [0.2, 0.25) is 0 Å². The summed E-state index contributed by atoms with van der Waals surface area (Å²) in [6.45, 7) is 1.21. The lowest BCUT2D eigenvalue weighted by molar-refractivity contribution is -0.137. The molecule has 7 nitrogen and oxygen atoms in total. The second-order valence-corrected chi connectivity index (χ2v) is 9.06. The first kappa shape index (κ1) is 26.6. The van der Waals surface area contributed by atoms with E-state index < -0.39 is 56.3 Å². The van der Waals surface area contributed by atoms with Gasteiger partial charge in [-0.15, -0.1) is 0 Å². The lowest BCUT2D eigenvalue weighted by atomic mass is 10.2. The largest absolute Gasteiger partial charge is 0.449 e. The topological polar surface area (TPSA) is 102 Å². The van der Waals surface area contributed by atoms with Crippen molar-refractivity contribution in [1.29, 1.82) is 0 Å². The average Bonchev–Trinajstić information content (AvgIpc) is 2.80. The number of anilines is 2. The Bertz CT molecular complexity index is 1390. The van der Waals surface area contributed by atoms with Gasteiger partial charge in [-0.1, -0.05) is 6.07 Å². The zero-order valence-corrected chi connectivity index (χ0v) is 19.1. The molecule has 13 heteroatoms. The quantitative estimate of drug-likeness (QED) is 0.333. The fourth-order valence-corrected chi connectivity index (χ4v) is 3.90. The molecule has 0 spiro atoms. The molecule has 0 saturated carbocycles. The summed E-state index contributed by atoms with van der Waals surface area (Å²) in [5.74, 6) is -4.40. The number of alkyl halides is 3. The molecular weight excluding hydrogens is 511 g/mol. The molecule has 3 aromatic rings. The minimum Gasteiger partial charge on any atom is -0.449 e. The van der Waals surface area contributed by atoms with Crippen LogP contribution in [0.15, 0.2) is 71.6 Å². The number of rotatable bonds is 7. The van der Waals surface area contributed by atoms with E-state index in [1.54, 1.807) is 0 Å². The van der Waals surface area contributed by atoms with Gasteiger partial charge >= 0.3 is 12.1 Å². The number of amides is 1. The van der Waals surface area contributed by atoms with Crippen molar-refractivity contribution in [2.75, 3.05) is 10.0 Å². The number of sulfonamides is 1. The van der Waals surface area contributed by atoms with Gasteiger partial charge in [-0.05, 0) is 67.6 Å². The normalized spacial score (nSPS) is 12.5. The van der Waals surface area contributed by atoms with Gasteiger partial charge in [0, 0.05) is 11.4 Å². The summed E-state index contributed by atoms with van der Waals surface area (Å²) in [5.41, 5.74) is -1.18. The molecule has 0 heterocycles. The first-order chi connectivity index (χ1) is 16.8. The number of carbonyl (C=O) groups is 2. The van der Waals surface area contributed by atoms with Crippen LogP contribution in [0.1, 0.15) is 22.8 Å². The fourth-order valence-electron chi connectivity index (χ4n) is 2.83. The number of hydrogen-bond acceptors (Lipinski definition) is 5. The lowest BCUT2D eigenvalue weighted by Crippen LogP contribution is -2.30. The Morgan fingerprint density at radius 3 is 2.17 bits per heavy atom. The Morgan fingerprint density at radius 2 is 1.56 bits per heavy atom. The van der Waals surface area contributed by atoms with Gasteiger partial charge in [0.1, 0.15) is 0 Å². The van der Waals surface area contributed by atoms with Crippen LogP contribution in [0.25, 0.3) is 0 Å². The lowest BCUT2D eigenvalue weighted by Gasteiger charge is -2.15. The van der Waals surface area contributed by atoms with Crippen LogP contribution in [0.2, 0.25) is 0 Å². The summed E-state index contributed by atoms with van der Waals surface area (Å²) < 4.78 is 96.6. The molecule has 3 rings (SSSR count). The Morgan fingerprint density at radius 1 is 0.889 bits per heavy atom. The van der Waals surface area contributed by atoms with Crippen molar-refractivity contribution in [1.82, 2.24) is 0 Å². The van der Waals surface area contributed by atoms with Gasteiger partial charge in [0.25, 0.3) is 15.9 Å². The molecule has 1 atom stereocenters. The van der Waals surface area contributed by atoms with Crippen LogP contribution >= 0.6 is 0 Å². The van der Waals surface area contributed by atoms with Crippen LogP contribution in [-0.2, 0) is 25.7 Å². The number of benzene rings is 3. The summed E-state index contributed by atoms with van der Waals surface area (Å²) in [7, 11) is -4.25. The Labute approximate surface area is 201 Å². The fraction of sp³-hybridized carbons (Fsp3) is 0.130. The number of nitrogens with one attached hydrogen (secondary N) is 2. The molecule has 2 N–H and O–H groups in total. The van der Waals surface area contributed by atoms with E-state index in [1.165, 1.54) is 37.3 Å². The van der Waals surface area contributed by atoms with Crippen molar-refractivity contribution in [3.05, 3.63) is 89.5 Å². The van der Waals surface area contributed by atoms with Crippen LogP contribution in [-0.4, -0.2) is 26.4 Å². The van der Waals surface area contributed by atoms with E-state index in [9.17, 15) is 40.0 Å². The van der Waals surface area contributed by atoms with Crippen LogP contribution < -0.4 is 10.0 Å². The number of esters is 1. The highest BCUT2D eigenvalue weighted by molar-refractivity contribution is 7.92. The monoisotopic (exact) mass is 528 g/mol. The molecule has 36 heavy (non-hydrogen) atoms. The van der Waals surface area contributed by atoms with Crippen molar-refractivity contribution in [2.24, 2.45) is 0 Å². The van der Waals surface area contributed by atoms with E-state index in [4.69, 9.17) is 4.74 Å². The molecule has 1 unspecified atom stereocenters. The number of halogens is 5. The molecule has 0 saturated heterocycles. The van der Waals surface area contributed by atoms with E-state index in [0.717, 1.165) is 24.3 Å². The van der Waals surface area contributed by atoms with Crippen molar-refractivity contribution >= 4 is 33.3 Å². The average molecular weight is 528 g/mol. The Hall–Kier alpha value is -4.00. The number of hydrogen-bond donors (Lipinski definition) is 2. The Kier molecular flexibility index (Phi) is 7.62. The summed E-state index contributed by atoms with van der Waals surface area (Å²) in [6, 6.07) is 10.7. The van der Waals surface area contributed by atoms with Gasteiger partial charge in [0.05, 0.1) is 16.0 Å².